The van der Waals surface area contributed by atoms with Crippen molar-refractivity contribution in [3.63, 3.8) is 0 Å². The highest BCUT2D eigenvalue weighted by molar-refractivity contribution is 7.98. The number of anilines is 1. The third-order valence-corrected chi connectivity index (χ3v) is 4.90. The Morgan fingerprint density at radius 3 is 2.79 bits per heavy atom. The van der Waals surface area contributed by atoms with Gasteiger partial charge < -0.3 is 9.88 Å². The van der Waals surface area contributed by atoms with E-state index in [1.165, 1.54) is 31.9 Å². The Kier molecular flexibility index (Phi) is 5.64. The predicted molar refractivity (Wildman–Crippen MR) is 92.9 cm³/mol. The van der Waals surface area contributed by atoms with Crippen molar-refractivity contribution in [3.05, 3.63) is 23.9 Å². The molecule has 0 aromatic carbocycles. The molecule has 0 atom stereocenters. The highest BCUT2D eigenvalue weighted by atomic mass is 32.2. The molecule has 1 saturated carbocycles. The normalized spacial score (nSPS) is 14.7. The maximum Gasteiger partial charge on any atom is 0.191 e. The summed E-state index contributed by atoms with van der Waals surface area (Å²) in [6.45, 7) is 0.784. The molecule has 2 aromatic rings. The van der Waals surface area contributed by atoms with Gasteiger partial charge in [-0.2, -0.15) is 5.26 Å². The molecule has 1 fully saturated rings. The molecule has 0 saturated heterocycles. The van der Waals surface area contributed by atoms with Gasteiger partial charge in [0, 0.05) is 19.0 Å². The molecule has 2 heterocycles. The zero-order valence-corrected chi connectivity index (χ0v) is 14.6. The second-order valence-electron chi connectivity index (χ2n) is 5.84. The van der Waals surface area contributed by atoms with Crippen LogP contribution < -0.4 is 5.32 Å². The lowest BCUT2D eigenvalue weighted by Gasteiger charge is -2.16. The number of hydrogen-bond acceptors (Lipinski definition) is 7. The molecule has 3 rings (SSSR count). The van der Waals surface area contributed by atoms with Crippen LogP contribution in [0.15, 0.2) is 17.6 Å². The highest BCUT2D eigenvalue weighted by Gasteiger charge is 2.23. The molecule has 0 aliphatic heterocycles. The number of nitrogens with zero attached hydrogens (tertiary/aromatic N) is 6. The van der Waals surface area contributed by atoms with E-state index in [-0.39, 0.29) is 0 Å². The zero-order chi connectivity index (χ0) is 16.8. The van der Waals surface area contributed by atoms with Crippen molar-refractivity contribution in [3.8, 4) is 6.07 Å². The molecule has 7 nitrogen and oxygen atoms in total. The number of thioether (sulfide) groups is 1. The number of aryl methyl sites for hydroxylation is 1. The smallest absolute Gasteiger partial charge is 0.191 e. The molecule has 24 heavy (non-hydrogen) atoms. The molecule has 1 aliphatic carbocycles. The summed E-state index contributed by atoms with van der Waals surface area (Å²) in [5.74, 6) is 1.77. The molecule has 0 unspecified atom stereocenters. The first kappa shape index (κ1) is 16.7. The Labute approximate surface area is 145 Å². The zero-order valence-electron chi connectivity index (χ0n) is 13.8. The molecule has 8 heteroatoms. The second-order valence-corrected chi connectivity index (χ2v) is 6.61. The molecule has 2 aromatic heterocycles. The Morgan fingerprint density at radius 2 is 2.12 bits per heavy atom. The minimum Gasteiger partial charge on any atom is -0.369 e. The van der Waals surface area contributed by atoms with E-state index in [2.05, 4.69) is 36.3 Å². The van der Waals surface area contributed by atoms with Crippen molar-refractivity contribution in [1.82, 2.24) is 24.7 Å². The van der Waals surface area contributed by atoms with E-state index >= 15 is 0 Å². The first-order valence-corrected chi connectivity index (χ1v) is 9.48. The van der Waals surface area contributed by atoms with Crippen LogP contribution in [-0.4, -0.2) is 37.5 Å². The molecular weight excluding hydrogens is 322 g/mol. The number of nitrogens with one attached hydrogen (secondary N) is 1. The van der Waals surface area contributed by atoms with E-state index in [1.807, 2.05) is 6.07 Å². The molecule has 1 N–H and O–H groups in total. The third kappa shape index (κ3) is 3.85. The number of nitriles is 1. The minimum atomic E-state index is 0.329. The number of rotatable bonds is 7. The lowest BCUT2D eigenvalue weighted by atomic mass is 10.2. The van der Waals surface area contributed by atoms with Crippen molar-refractivity contribution in [1.29, 1.82) is 5.26 Å². The fourth-order valence-electron chi connectivity index (χ4n) is 3.09. The van der Waals surface area contributed by atoms with Gasteiger partial charge >= 0.3 is 0 Å². The van der Waals surface area contributed by atoms with Crippen molar-refractivity contribution < 1.29 is 0 Å². The molecular formula is C16H21N7S. The van der Waals surface area contributed by atoms with Gasteiger partial charge in [-0.05, 0) is 25.5 Å². The van der Waals surface area contributed by atoms with Crippen molar-refractivity contribution >= 4 is 17.6 Å². The quantitative estimate of drug-likeness (QED) is 0.610. The van der Waals surface area contributed by atoms with Gasteiger partial charge in [-0.3, -0.25) is 0 Å². The SMILES string of the molecule is CSc1nnc(CCCNc2cnc(C#N)cn2)n1C1CCCC1. The van der Waals surface area contributed by atoms with Crippen LogP contribution in [0.2, 0.25) is 0 Å². The van der Waals surface area contributed by atoms with E-state index in [0.717, 1.165) is 30.4 Å². The summed E-state index contributed by atoms with van der Waals surface area (Å²) in [7, 11) is 0. The molecule has 1 aliphatic rings. The van der Waals surface area contributed by atoms with Gasteiger partial charge in [0.25, 0.3) is 0 Å². The Bertz CT molecular complexity index is 698. The van der Waals surface area contributed by atoms with Gasteiger partial charge in [0.1, 0.15) is 17.7 Å². The van der Waals surface area contributed by atoms with Gasteiger partial charge in [-0.25, -0.2) is 9.97 Å². The van der Waals surface area contributed by atoms with Crippen LogP contribution in [-0.2, 0) is 6.42 Å². The summed E-state index contributed by atoms with van der Waals surface area (Å²) in [4.78, 5) is 8.16. The van der Waals surface area contributed by atoms with E-state index in [0.29, 0.717) is 17.6 Å². The van der Waals surface area contributed by atoms with E-state index < -0.39 is 0 Å². The molecule has 0 spiro atoms. The van der Waals surface area contributed by atoms with Crippen LogP contribution in [0, 0.1) is 11.3 Å². The summed E-state index contributed by atoms with van der Waals surface area (Å²) in [6.07, 6.45) is 12.0. The van der Waals surface area contributed by atoms with Crippen LogP contribution in [0.25, 0.3) is 0 Å². The molecule has 0 bridgehead atoms. The van der Waals surface area contributed by atoms with E-state index in [1.54, 1.807) is 18.0 Å². The largest absolute Gasteiger partial charge is 0.369 e. The van der Waals surface area contributed by atoms with Gasteiger partial charge in [-0.1, -0.05) is 24.6 Å². The Morgan fingerprint density at radius 1 is 1.29 bits per heavy atom. The van der Waals surface area contributed by atoms with Crippen LogP contribution in [0.3, 0.4) is 0 Å². The van der Waals surface area contributed by atoms with Crippen molar-refractivity contribution in [2.24, 2.45) is 0 Å². The average Bonchev–Trinajstić information content (AvgIpc) is 3.28. The van der Waals surface area contributed by atoms with Gasteiger partial charge in [-0.15, -0.1) is 10.2 Å². The predicted octanol–water partition coefficient (Wildman–Crippen LogP) is 2.82. The summed E-state index contributed by atoms with van der Waals surface area (Å²) < 4.78 is 2.35. The van der Waals surface area contributed by atoms with Gasteiger partial charge in [0.05, 0.1) is 12.4 Å². The van der Waals surface area contributed by atoms with Crippen molar-refractivity contribution in [2.75, 3.05) is 18.1 Å². The maximum atomic E-state index is 8.72. The monoisotopic (exact) mass is 343 g/mol. The highest BCUT2D eigenvalue weighted by Crippen LogP contribution is 2.33. The van der Waals surface area contributed by atoms with E-state index in [9.17, 15) is 0 Å². The standard InChI is InChI=1S/C16H21N7S/c1-24-16-22-21-15(23(16)13-5-2-3-6-13)7-4-8-18-14-11-19-12(9-17)10-20-14/h10-11,13H,2-8H2,1H3,(H,18,20). The fraction of sp³-hybridized carbons (Fsp3) is 0.562. The molecule has 126 valence electrons. The van der Waals surface area contributed by atoms with Crippen molar-refractivity contribution in [2.45, 2.75) is 49.7 Å². The Hall–Kier alpha value is -2.14. The van der Waals surface area contributed by atoms with Crippen LogP contribution in [0.5, 0.6) is 0 Å². The molecule has 0 radical (unpaired) electrons. The first-order valence-electron chi connectivity index (χ1n) is 8.25. The van der Waals surface area contributed by atoms with E-state index in [4.69, 9.17) is 5.26 Å². The third-order valence-electron chi connectivity index (χ3n) is 4.26. The maximum absolute atomic E-state index is 8.72. The lowest BCUT2D eigenvalue weighted by molar-refractivity contribution is 0.461. The second kappa shape index (κ2) is 8.11. The summed E-state index contributed by atoms with van der Waals surface area (Å²) in [5.41, 5.74) is 0.329. The average molecular weight is 343 g/mol. The summed E-state index contributed by atoms with van der Waals surface area (Å²) in [6, 6.07) is 2.53. The fourth-order valence-corrected chi connectivity index (χ4v) is 3.66. The topological polar surface area (TPSA) is 92.3 Å². The Balaban J connectivity index is 1.54. The lowest BCUT2D eigenvalue weighted by Crippen LogP contribution is -2.12. The summed E-state index contributed by atoms with van der Waals surface area (Å²) >= 11 is 1.67. The molecule has 0 amide bonds. The number of hydrogen-bond donors (Lipinski definition) is 1. The summed E-state index contributed by atoms with van der Waals surface area (Å²) in [5, 5.41) is 21.7. The minimum absolute atomic E-state index is 0.329. The van der Waals surface area contributed by atoms with Crippen LogP contribution in [0.1, 0.15) is 49.7 Å². The van der Waals surface area contributed by atoms with Crippen LogP contribution >= 0.6 is 11.8 Å². The van der Waals surface area contributed by atoms with Gasteiger partial charge in [0.2, 0.25) is 0 Å². The van der Waals surface area contributed by atoms with Gasteiger partial charge in [0.15, 0.2) is 10.9 Å². The number of aromatic nitrogens is 5. The first-order chi connectivity index (χ1) is 11.8. The van der Waals surface area contributed by atoms with Crippen LogP contribution in [0.4, 0.5) is 5.82 Å².